The number of rotatable bonds is 7. The van der Waals surface area contributed by atoms with Crippen LogP contribution in [0.5, 0.6) is 11.5 Å². The molecule has 0 aliphatic rings. The van der Waals surface area contributed by atoms with Crippen LogP contribution in [-0.2, 0) is 12.8 Å². The number of carbonyl (C=O) groups excluding carboxylic acids is 1. The summed E-state index contributed by atoms with van der Waals surface area (Å²) in [7, 11) is 3.15. The van der Waals surface area contributed by atoms with Gasteiger partial charge in [0, 0.05) is 21.7 Å². The molecule has 0 radical (unpaired) electrons. The van der Waals surface area contributed by atoms with E-state index in [1.807, 2.05) is 12.1 Å². The van der Waals surface area contributed by atoms with Crippen LogP contribution in [0.3, 0.4) is 0 Å². The minimum absolute atomic E-state index is 0.194. The fourth-order valence-corrected chi connectivity index (χ4v) is 3.61. The smallest absolute Gasteiger partial charge is 0.194 e. The van der Waals surface area contributed by atoms with Crippen LogP contribution in [0.4, 0.5) is 8.78 Å². The van der Waals surface area contributed by atoms with E-state index in [4.69, 9.17) is 9.47 Å². The lowest BCUT2D eigenvalue weighted by Crippen LogP contribution is -2.05. The quantitative estimate of drug-likeness (QED) is 0.420. The van der Waals surface area contributed by atoms with Gasteiger partial charge in [0.15, 0.2) is 5.78 Å². The number of benzene rings is 3. The second kappa shape index (κ2) is 9.18. The Hall–Kier alpha value is -2.73. The Kier molecular flexibility index (Phi) is 6.64. The van der Waals surface area contributed by atoms with Crippen molar-refractivity contribution in [3.63, 3.8) is 0 Å². The number of methoxy groups -OCH3 is 2. The van der Waals surface area contributed by atoms with Gasteiger partial charge in [-0.05, 0) is 66.4 Å². The van der Waals surface area contributed by atoms with E-state index in [0.717, 1.165) is 5.56 Å². The molecule has 0 aromatic heterocycles. The van der Waals surface area contributed by atoms with Crippen molar-refractivity contribution >= 4 is 21.7 Å². The Morgan fingerprint density at radius 3 is 2.24 bits per heavy atom. The first kappa shape index (κ1) is 21.0. The average Bonchev–Trinajstić information content (AvgIpc) is 2.74. The summed E-state index contributed by atoms with van der Waals surface area (Å²) in [5.41, 5.74) is 1.89. The van der Waals surface area contributed by atoms with Gasteiger partial charge in [-0.2, -0.15) is 0 Å². The molecule has 0 atom stereocenters. The SMILES string of the molecule is COc1ccc(CCc2cc(Br)c(C(=O)c3ccc(F)cc3)cc2F)c(OC)c1. The van der Waals surface area contributed by atoms with Gasteiger partial charge < -0.3 is 9.47 Å². The molecular weight excluding hydrogens is 442 g/mol. The minimum atomic E-state index is -0.467. The molecule has 0 N–H and O–H groups in total. The van der Waals surface area contributed by atoms with Crippen molar-refractivity contribution in [2.75, 3.05) is 14.2 Å². The van der Waals surface area contributed by atoms with E-state index >= 15 is 0 Å². The number of ketones is 1. The third-order valence-electron chi connectivity index (χ3n) is 4.65. The van der Waals surface area contributed by atoms with Crippen LogP contribution < -0.4 is 9.47 Å². The summed E-state index contributed by atoms with van der Waals surface area (Å²) in [5, 5.41) is 0. The number of halogens is 3. The first-order valence-corrected chi connectivity index (χ1v) is 9.71. The number of aryl methyl sites for hydroxylation is 2. The molecule has 3 rings (SSSR count). The van der Waals surface area contributed by atoms with Gasteiger partial charge in [-0.3, -0.25) is 4.79 Å². The zero-order valence-electron chi connectivity index (χ0n) is 16.0. The van der Waals surface area contributed by atoms with Gasteiger partial charge in [-0.25, -0.2) is 8.78 Å². The number of hydrogen-bond donors (Lipinski definition) is 0. The van der Waals surface area contributed by atoms with E-state index in [1.54, 1.807) is 26.4 Å². The first-order valence-electron chi connectivity index (χ1n) is 8.92. The van der Waals surface area contributed by atoms with E-state index in [9.17, 15) is 13.6 Å². The largest absolute Gasteiger partial charge is 0.497 e. The van der Waals surface area contributed by atoms with Crippen LogP contribution in [0.2, 0.25) is 0 Å². The van der Waals surface area contributed by atoms with E-state index < -0.39 is 11.6 Å². The highest BCUT2D eigenvalue weighted by atomic mass is 79.9. The van der Waals surface area contributed by atoms with Crippen LogP contribution in [0, 0.1) is 11.6 Å². The zero-order valence-corrected chi connectivity index (χ0v) is 17.6. The molecule has 150 valence electrons. The Bertz CT molecular complexity index is 1030. The third kappa shape index (κ3) is 4.82. The molecule has 3 aromatic rings. The lowest BCUT2D eigenvalue weighted by Gasteiger charge is -2.12. The van der Waals surface area contributed by atoms with E-state index in [0.29, 0.717) is 39.9 Å². The molecule has 3 nitrogen and oxygen atoms in total. The van der Waals surface area contributed by atoms with Crippen molar-refractivity contribution in [3.8, 4) is 11.5 Å². The van der Waals surface area contributed by atoms with Crippen molar-refractivity contribution in [1.82, 2.24) is 0 Å². The maximum atomic E-state index is 14.7. The van der Waals surface area contributed by atoms with Gasteiger partial charge in [-0.15, -0.1) is 0 Å². The predicted octanol–water partition coefficient (Wildman–Crippen LogP) is 5.76. The normalized spacial score (nSPS) is 10.7. The van der Waals surface area contributed by atoms with Crippen molar-refractivity contribution in [2.24, 2.45) is 0 Å². The Balaban J connectivity index is 1.81. The Morgan fingerprint density at radius 2 is 1.59 bits per heavy atom. The molecule has 0 bridgehead atoms. The summed E-state index contributed by atoms with van der Waals surface area (Å²) >= 11 is 3.36. The third-order valence-corrected chi connectivity index (χ3v) is 5.30. The van der Waals surface area contributed by atoms with Crippen LogP contribution in [0.1, 0.15) is 27.0 Å². The average molecular weight is 461 g/mol. The maximum absolute atomic E-state index is 14.7. The highest BCUT2D eigenvalue weighted by molar-refractivity contribution is 9.10. The molecule has 29 heavy (non-hydrogen) atoms. The minimum Gasteiger partial charge on any atom is -0.497 e. The van der Waals surface area contributed by atoms with Crippen LogP contribution in [0.25, 0.3) is 0 Å². The van der Waals surface area contributed by atoms with Crippen molar-refractivity contribution in [1.29, 1.82) is 0 Å². The molecule has 0 aliphatic carbocycles. The second-order valence-corrected chi connectivity index (χ2v) is 7.29. The standard InChI is InChI=1S/C23H19BrF2O3/c1-28-18-10-7-14(22(12-18)29-2)3-4-16-11-20(24)19(13-21(16)26)23(27)15-5-8-17(25)9-6-15/h5-13H,3-4H2,1-2H3. The van der Waals surface area contributed by atoms with E-state index in [1.165, 1.54) is 30.3 Å². The molecular formula is C23H19BrF2O3. The van der Waals surface area contributed by atoms with Crippen molar-refractivity contribution in [2.45, 2.75) is 12.8 Å². The number of carbonyl (C=O) groups is 1. The van der Waals surface area contributed by atoms with Gasteiger partial charge in [0.1, 0.15) is 23.1 Å². The molecule has 0 amide bonds. The van der Waals surface area contributed by atoms with Gasteiger partial charge in [0.25, 0.3) is 0 Å². The summed E-state index contributed by atoms with van der Waals surface area (Å²) in [6, 6.07) is 13.5. The van der Waals surface area contributed by atoms with Gasteiger partial charge in [0.05, 0.1) is 14.2 Å². The summed E-state index contributed by atoms with van der Waals surface area (Å²) in [4.78, 5) is 12.6. The van der Waals surface area contributed by atoms with Gasteiger partial charge >= 0.3 is 0 Å². The topological polar surface area (TPSA) is 35.5 Å². The fraction of sp³-hybridized carbons (Fsp3) is 0.174. The summed E-state index contributed by atoms with van der Waals surface area (Å²) in [6.45, 7) is 0. The molecule has 0 spiro atoms. The van der Waals surface area contributed by atoms with Crippen LogP contribution >= 0.6 is 15.9 Å². The highest BCUT2D eigenvalue weighted by Crippen LogP contribution is 2.28. The lowest BCUT2D eigenvalue weighted by molar-refractivity contribution is 0.103. The molecule has 3 aromatic carbocycles. The molecule has 0 aliphatic heterocycles. The fourth-order valence-electron chi connectivity index (χ4n) is 3.04. The number of hydrogen-bond acceptors (Lipinski definition) is 3. The second-order valence-electron chi connectivity index (χ2n) is 6.44. The maximum Gasteiger partial charge on any atom is 0.194 e. The summed E-state index contributed by atoms with van der Waals surface area (Å²) in [6.07, 6.45) is 0.986. The highest BCUT2D eigenvalue weighted by Gasteiger charge is 2.17. The lowest BCUT2D eigenvalue weighted by atomic mass is 9.98. The van der Waals surface area contributed by atoms with E-state index in [-0.39, 0.29) is 11.3 Å². The molecule has 0 fully saturated rings. The first-order chi connectivity index (χ1) is 13.9. The Labute approximate surface area is 176 Å². The van der Waals surface area contributed by atoms with E-state index in [2.05, 4.69) is 15.9 Å². The van der Waals surface area contributed by atoms with Gasteiger partial charge in [-0.1, -0.05) is 22.0 Å². The summed E-state index contributed by atoms with van der Waals surface area (Å²) < 4.78 is 38.8. The molecule has 0 saturated heterocycles. The van der Waals surface area contributed by atoms with Crippen LogP contribution in [0.15, 0.2) is 59.1 Å². The Morgan fingerprint density at radius 1 is 0.897 bits per heavy atom. The molecule has 0 unspecified atom stereocenters. The monoisotopic (exact) mass is 460 g/mol. The zero-order chi connectivity index (χ0) is 21.0. The summed E-state index contributed by atoms with van der Waals surface area (Å²) in [5.74, 6) is 0.0801. The van der Waals surface area contributed by atoms with Gasteiger partial charge in [0.2, 0.25) is 0 Å². The van der Waals surface area contributed by atoms with Crippen molar-refractivity contribution in [3.05, 3.63) is 93.0 Å². The molecule has 6 heteroatoms. The molecule has 0 saturated carbocycles. The van der Waals surface area contributed by atoms with Crippen LogP contribution in [-0.4, -0.2) is 20.0 Å². The molecule has 0 heterocycles. The van der Waals surface area contributed by atoms with Crippen molar-refractivity contribution < 1.29 is 23.0 Å². The predicted molar refractivity (Wildman–Crippen MR) is 111 cm³/mol. The number of ether oxygens (including phenoxy) is 2.